The highest BCUT2D eigenvalue weighted by Gasteiger charge is 2.22. The summed E-state index contributed by atoms with van der Waals surface area (Å²) in [6.45, 7) is 2.06. The molecule has 0 unspecified atom stereocenters. The Hall–Kier alpha value is -1.88. The monoisotopic (exact) mass is 565 g/mol. The van der Waals surface area contributed by atoms with Crippen molar-refractivity contribution in [3.05, 3.63) is 23.8 Å². The molecule has 9 heteroatoms. The smallest absolute Gasteiger partial charge is 0.233 e. The minimum atomic E-state index is 0.423. The molecule has 0 radical (unpaired) electrons. The van der Waals surface area contributed by atoms with Gasteiger partial charge in [0.1, 0.15) is 5.75 Å². The summed E-state index contributed by atoms with van der Waals surface area (Å²) in [6.07, 6.45) is 9.70. The van der Waals surface area contributed by atoms with Crippen LogP contribution in [-0.2, 0) is 4.43 Å². The van der Waals surface area contributed by atoms with Gasteiger partial charge in [-0.05, 0) is 57.0 Å². The molecule has 0 bridgehead atoms. The molecule has 2 fully saturated rings. The number of ether oxygens (including phenoxy) is 1. The Morgan fingerprint density at radius 3 is 2.45 bits per heavy atom. The van der Waals surface area contributed by atoms with Crippen molar-refractivity contribution in [3.63, 3.8) is 0 Å². The molecule has 1 aliphatic heterocycles. The first-order valence-corrected chi connectivity index (χ1v) is 13.6. The summed E-state index contributed by atoms with van der Waals surface area (Å²) < 4.78 is 6.34. The number of alkyl halides is 1. The van der Waals surface area contributed by atoms with Crippen molar-refractivity contribution in [2.45, 2.75) is 67.9 Å². The van der Waals surface area contributed by atoms with Gasteiger partial charge in [0, 0.05) is 34.8 Å². The molecule has 1 saturated heterocycles. The number of aromatic nitrogens is 3. The van der Waals surface area contributed by atoms with Crippen LogP contribution >= 0.6 is 22.6 Å². The number of nitrogens with one attached hydrogen (secondary N) is 3. The van der Waals surface area contributed by atoms with E-state index in [2.05, 4.69) is 56.6 Å². The molecule has 1 aromatic carbocycles. The second kappa shape index (κ2) is 12.0. The molecule has 8 nitrogen and oxygen atoms in total. The van der Waals surface area contributed by atoms with E-state index in [-0.39, 0.29) is 0 Å². The summed E-state index contributed by atoms with van der Waals surface area (Å²) >= 11 is 2.36. The lowest BCUT2D eigenvalue weighted by Gasteiger charge is -2.32. The van der Waals surface area contributed by atoms with Crippen LogP contribution in [0.25, 0.3) is 0 Å². The summed E-state index contributed by atoms with van der Waals surface area (Å²) in [5, 5.41) is 10.5. The fourth-order valence-corrected chi connectivity index (χ4v) is 5.29. The van der Waals surface area contributed by atoms with E-state index in [1.54, 1.807) is 7.11 Å². The Morgan fingerprint density at radius 2 is 1.76 bits per heavy atom. The Morgan fingerprint density at radius 1 is 1.03 bits per heavy atom. The summed E-state index contributed by atoms with van der Waals surface area (Å²) in [6, 6.07) is 6.95. The third-order valence-electron chi connectivity index (χ3n) is 6.66. The van der Waals surface area contributed by atoms with Gasteiger partial charge >= 0.3 is 0 Å². The zero-order valence-electron chi connectivity index (χ0n) is 19.7. The van der Waals surface area contributed by atoms with Crippen molar-refractivity contribution in [1.82, 2.24) is 20.3 Å². The number of nitrogens with zero attached hydrogens (tertiary/aromatic N) is 4. The molecule has 2 aromatic rings. The van der Waals surface area contributed by atoms with Gasteiger partial charge in [-0.2, -0.15) is 15.0 Å². The normalized spacial score (nSPS) is 17.9. The predicted octanol–water partition coefficient (Wildman–Crippen LogP) is 4.88. The van der Waals surface area contributed by atoms with Crippen LogP contribution in [0.2, 0.25) is 0 Å². The third kappa shape index (κ3) is 6.59. The molecule has 4 rings (SSSR count). The van der Waals surface area contributed by atoms with E-state index in [9.17, 15) is 0 Å². The van der Waals surface area contributed by atoms with Gasteiger partial charge in [-0.15, -0.1) is 0 Å². The van der Waals surface area contributed by atoms with Gasteiger partial charge in [-0.25, -0.2) is 0 Å². The molecule has 180 valence electrons. The van der Waals surface area contributed by atoms with Crippen LogP contribution in [-0.4, -0.2) is 54.3 Å². The number of rotatable bonds is 8. The molecule has 1 aliphatic carbocycles. The summed E-state index contributed by atoms with van der Waals surface area (Å²) in [5.41, 5.74) is 2.09. The highest BCUT2D eigenvalue weighted by Crippen LogP contribution is 2.28. The first-order chi connectivity index (χ1) is 16.2. The lowest BCUT2D eigenvalue weighted by atomic mass is 10.1. The van der Waals surface area contributed by atoms with E-state index in [0.29, 0.717) is 24.0 Å². The zero-order valence-corrected chi connectivity index (χ0v) is 21.9. The minimum absolute atomic E-state index is 0.423. The largest absolute Gasteiger partial charge is 0.496 e. The quantitative estimate of drug-likeness (QED) is 0.237. The third-order valence-corrected chi connectivity index (χ3v) is 7.49. The van der Waals surface area contributed by atoms with E-state index < -0.39 is 0 Å². The average molecular weight is 566 g/mol. The number of piperidine rings is 1. The van der Waals surface area contributed by atoms with Gasteiger partial charge in [0.05, 0.1) is 7.11 Å². The molecule has 0 atom stereocenters. The molecule has 0 amide bonds. The van der Waals surface area contributed by atoms with Gasteiger partial charge in [-0.1, -0.05) is 48.3 Å². The van der Waals surface area contributed by atoms with Crippen LogP contribution in [0.3, 0.4) is 0 Å². The van der Waals surface area contributed by atoms with E-state index in [1.807, 2.05) is 12.1 Å². The Balaban J connectivity index is 1.60. The molecule has 3 N–H and O–H groups in total. The Kier molecular flexibility index (Phi) is 8.82. The van der Waals surface area contributed by atoms with Crippen molar-refractivity contribution in [2.24, 2.45) is 0 Å². The maximum absolute atomic E-state index is 5.48. The number of hydrogen-bond acceptors (Lipinski definition) is 8. The first-order valence-electron chi connectivity index (χ1n) is 12.1. The van der Waals surface area contributed by atoms with Gasteiger partial charge in [-0.3, -0.25) is 0 Å². The molecule has 2 aliphatic rings. The number of anilines is 4. The lowest BCUT2D eigenvalue weighted by Crippen LogP contribution is -2.42. The fourth-order valence-electron chi connectivity index (χ4n) is 4.70. The highest BCUT2D eigenvalue weighted by molar-refractivity contribution is 14.1. The summed E-state index contributed by atoms with van der Waals surface area (Å²) in [7, 11) is 3.81. The van der Waals surface area contributed by atoms with Crippen LogP contribution in [0.1, 0.15) is 56.9 Å². The molecule has 0 spiro atoms. The van der Waals surface area contributed by atoms with Crippen molar-refractivity contribution in [1.29, 1.82) is 0 Å². The van der Waals surface area contributed by atoms with Crippen LogP contribution in [0.15, 0.2) is 18.2 Å². The molecule has 1 aromatic heterocycles. The number of methoxy groups -OCH3 is 1. The lowest BCUT2D eigenvalue weighted by molar-refractivity contribution is 0.411. The zero-order chi connectivity index (χ0) is 23.0. The molecular formula is C24H36IN7O. The van der Waals surface area contributed by atoms with Crippen LogP contribution < -0.4 is 25.6 Å². The van der Waals surface area contributed by atoms with E-state index in [4.69, 9.17) is 19.7 Å². The van der Waals surface area contributed by atoms with Crippen molar-refractivity contribution in [2.75, 3.05) is 42.8 Å². The fraction of sp³-hybridized carbons (Fsp3) is 0.625. The van der Waals surface area contributed by atoms with E-state index >= 15 is 0 Å². The Bertz CT molecular complexity index is 898. The first kappa shape index (κ1) is 24.3. The van der Waals surface area contributed by atoms with Gasteiger partial charge in [0.15, 0.2) is 0 Å². The standard InChI is InChI=1S/C24H36IN7O/c1-32(20-11-13-26-14-12-20)24-30-22(27-18-7-5-3-4-6-8-18)29-23(31-24)28-19-9-10-21(33-2)17(15-19)16-25/h9-10,15,18,20,26H,3-8,11-14,16H2,1-2H3,(H2,27,28,29,30,31). The summed E-state index contributed by atoms with van der Waals surface area (Å²) in [5.74, 6) is 2.85. The average Bonchev–Trinajstić information content (AvgIpc) is 3.12. The second-order valence-corrected chi connectivity index (χ2v) is 9.76. The van der Waals surface area contributed by atoms with Gasteiger partial charge in [0.25, 0.3) is 0 Å². The van der Waals surface area contributed by atoms with Crippen LogP contribution in [0, 0.1) is 0 Å². The topological polar surface area (TPSA) is 87.2 Å². The maximum Gasteiger partial charge on any atom is 0.233 e. The highest BCUT2D eigenvalue weighted by atomic mass is 127. The van der Waals surface area contributed by atoms with Crippen molar-refractivity contribution in [3.8, 4) is 5.75 Å². The van der Waals surface area contributed by atoms with Crippen LogP contribution in [0.5, 0.6) is 5.75 Å². The maximum atomic E-state index is 5.48. The SMILES string of the molecule is COc1ccc(Nc2nc(NC3CCCCCC3)nc(N(C)C3CCNCC3)n2)cc1CI. The minimum Gasteiger partial charge on any atom is -0.496 e. The van der Waals surface area contributed by atoms with E-state index in [1.165, 1.54) is 38.5 Å². The molecule has 2 heterocycles. The summed E-state index contributed by atoms with van der Waals surface area (Å²) in [4.78, 5) is 16.6. The van der Waals surface area contributed by atoms with Crippen LogP contribution in [0.4, 0.5) is 23.5 Å². The van der Waals surface area contributed by atoms with Crippen molar-refractivity contribution >= 4 is 46.1 Å². The number of halogens is 1. The van der Waals surface area contributed by atoms with E-state index in [0.717, 1.165) is 53.3 Å². The number of hydrogen-bond donors (Lipinski definition) is 3. The molecular weight excluding hydrogens is 529 g/mol. The predicted molar refractivity (Wildman–Crippen MR) is 143 cm³/mol. The Labute approximate surface area is 210 Å². The second-order valence-electron chi connectivity index (χ2n) is 8.99. The van der Waals surface area contributed by atoms with Gasteiger partial charge < -0.3 is 25.6 Å². The molecule has 1 saturated carbocycles. The molecule has 33 heavy (non-hydrogen) atoms. The van der Waals surface area contributed by atoms with Crippen molar-refractivity contribution < 1.29 is 4.74 Å². The number of benzene rings is 1. The van der Waals surface area contributed by atoms with Gasteiger partial charge in [0.2, 0.25) is 17.8 Å².